The second kappa shape index (κ2) is 5.77. The quantitative estimate of drug-likeness (QED) is 0.795. The third kappa shape index (κ3) is 3.49. The van der Waals surface area contributed by atoms with Gasteiger partial charge in [0.1, 0.15) is 12.4 Å². The average molecular weight is 342 g/mol. The molecule has 1 aromatic heterocycles. The number of aryl methyl sites for hydroxylation is 1. The Balaban J connectivity index is 1.70. The molecule has 3 heterocycles. The number of rotatable bonds is 3. The Hall–Kier alpha value is -1.64. The standard InChI is InChI=1S/C14H22N4O4S/c1-14(6-8-23(21,22)10-14)15-12(19)9-18-13(20)17-7-4-2-3-5-11(17)16-18/h2-10H2,1H3,(H,15,19)/t14-/m0/s1. The van der Waals surface area contributed by atoms with Crippen LogP contribution in [-0.2, 0) is 34.1 Å². The monoisotopic (exact) mass is 342 g/mol. The van der Waals surface area contributed by atoms with Gasteiger partial charge in [-0.25, -0.2) is 17.9 Å². The summed E-state index contributed by atoms with van der Waals surface area (Å²) < 4.78 is 26.0. The highest BCUT2D eigenvalue weighted by molar-refractivity contribution is 7.91. The normalized spacial score (nSPS) is 26.5. The summed E-state index contributed by atoms with van der Waals surface area (Å²) in [4.78, 5) is 24.5. The molecule has 3 rings (SSSR count). The fourth-order valence-electron chi connectivity index (χ4n) is 3.35. The van der Waals surface area contributed by atoms with Crippen LogP contribution in [0.3, 0.4) is 0 Å². The summed E-state index contributed by atoms with van der Waals surface area (Å²) >= 11 is 0. The maximum absolute atomic E-state index is 12.3. The fraction of sp³-hybridized carbons (Fsp3) is 0.786. The summed E-state index contributed by atoms with van der Waals surface area (Å²) in [5, 5.41) is 7.02. The van der Waals surface area contributed by atoms with Crippen LogP contribution in [0.1, 0.15) is 38.4 Å². The molecule has 1 aromatic rings. The van der Waals surface area contributed by atoms with E-state index in [4.69, 9.17) is 0 Å². The van der Waals surface area contributed by atoms with Crippen molar-refractivity contribution in [3.63, 3.8) is 0 Å². The van der Waals surface area contributed by atoms with E-state index < -0.39 is 15.4 Å². The summed E-state index contributed by atoms with van der Waals surface area (Å²) in [5.74, 6) is 0.387. The van der Waals surface area contributed by atoms with Gasteiger partial charge in [-0.15, -0.1) is 0 Å². The molecular formula is C14H22N4O4S. The second-order valence-corrected chi connectivity index (χ2v) is 8.95. The van der Waals surface area contributed by atoms with Gasteiger partial charge in [0.2, 0.25) is 5.91 Å². The number of aromatic nitrogens is 3. The van der Waals surface area contributed by atoms with Gasteiger partial charge in [-0.3, -0.25) is 9.36 Å². The van der Waals surface area contributed by atoms with E-state index in [2.05, 4.69) is 10.4 Å². The molecule has 2 aliphatic heterocycles. The highest BCUT2D eigenvalue weighted by Crippen LogP contribution is 2.22. The van der Waals surface area contributed by atoms with Crippen LogP contribution in [0.15, 0.2) is 4.79 Å². The van der Waals surface area contributed by atoms with Gasteiger partial charge in [0, 0.05) is 13.0 Å². The Morgan fingerprint density at radius 1 is 1.35 bits per heavy atom. The first kappa shape index (κ1) is 16.2. The highest BCUT2D eigenvalue weighted by atomic mass is 32.2. The number of nitrogens with one attached hydrogen (secondary N) is 1. The van der Waals surface area contributed by atoms with Gasteiger partial charge < -0.3 is 5.32 Å². The SMILES string of the molecule is C[C@]1(NC(=O)Cn2nc3n(c2=O)CCCCC3)CCS(=O)(=O)C1. The van der Waals surface area contributed by atoms with Crippen molar-refractivity contribution in [2.45, 2.75) is 57.7 Å². The molecule has 0 spiro atoms. The van der Waals surface area contributed by atoms with Gasteiger partial charge in [-0.2, -0.15) is 5.10 Å². The molecule has 128 valence electrons. The highest BCUT2D eigenvalue weighted by Gasteiger charge is 2.39. The first-order chi connectivity index (χ1) is 10.8. The predicted octanol–water partition coefficient (Wildman–Crippen LogP) is -0.535. The number of hydrogen-bond donors (Lipinski definition) is 1. The maximum atomic E-state index is 12.3. The number of carbonyl (C=O) groups excluding carboxylic acids is 1. The first-order valence-electron chi connectivity index (χ1n) is 7.96. The molecule has 1 amide bonds. The fourth-order valence-corrected chi connectivity index (χ4v) is 5.44. The van der Waals surface area contributed by atoms with E-state index in [0.29, 0.717) is 13.0 Å². The van der Waals surface area contributed by atoms with Crippen LogP contribution < -0.4 is 11.0 Å². The van der Waals surface area contributed by atoms with Crippen LogP contribution in [0.2, 0.25) is 0 Å². The molecule has 1 saturated heterocycles. The minimum Gasteiger partial charge on any atom is -0.348 e. The van der Waals surface area contributed by atoms with Gasteiger partial charge >= 0.3 is 5.69 Å². The Labute approximate surface area is 134 Å². The zero-order valence-electron chi connectivity index (χ0n) is 13.2. The summed E-state index contributed by atoms with van der Waals surface area (Å²) in [5.41, 5.74) is -1.02. The van der Waals surface area contributed by atoms with E-state index in [1.165, 1.54) is 4.68 Å². The predicted molar refractivity (Wildman–Crippen MR) is 83.9 cm³/mol. The maximum Gasteiger partial charge on any atom is 0.346 e. The molecule has 23 heavy (non-hydrogen) atoms. The van der Waals surface area contributed by atoms with Crippen LogP contribution >= 0.6 is 0 Å². The summed E-state index contributed by atoms with van der Waals surface area (Å²) in [6.45, 7) is 2.20. The molecule has 1 atom stereocenters. The lowest BCUT2D eigenvalue weighted by Crippen LogP contribution is -2.48. The first-order valence-corrected chi connectivity index (χ1v) is 9.78. The lowest BCUT2D eigenvalue weighted by Gasteiger charge is -2.23. The smallest absolute Gasteiger partial charge is 0.346 e. The molecule has 0 saturated carbocycles. The number of nitrogens with zero attached hydrogens (tertiary/aromatic N) is 3. The molecule has 0 bridgehead atoms. The number of hydrogen-bond acceptors (Lipinski definition) is 5. The Bertz CT molecular complexity index is 779. The zero-order chi connectivity index (χ0) is 16.7. The van der Waals surface area contributed by atoms with Crippen molar-refractivity contribution in [3.05, 3.63) is 16.3 Å². The molecule has 0 radical (unpaired) electrons. The summed E-state index contributed by atoms with van der Waals surface area (Å²) in [7, 11) is -3.09. The molecule has 0 aliphatic carbocycles. The Kier molecular flexibility index (Phi) is 4.07. The van der Waals surface area contributed by atoms with Crippen LogP contribution in [-0.4, -0.2) is 45.7 Å². The van der Waals surface area contributed by atoms with Gasteiger partial charge in [-0.1, -0.05) is 6.42 Å². The third-order valence-corrected chi connectivity index (χ3v) is 6.42. The Morgan fingerprint density at radius 2 is 2.13 bits per heavy atom. The molecule has 0 aromatic carbocycles. The minimum absolute atomic E-state index is 0.0552. The van der Waals surface area contributed by atoms with Crippen molar-refractivity contribution in [2.24, 2.45) is 0 Å². The van der Waals surface area contributed by atoms with E-state index in [1.807, 2.05) is 0 Å². The molecule has 2 aliphatic rings. The Morgan fingerprint density at radius 3 is 2.83 bits per heavy atom. The van der Waals surface area contributed by atoms with E-state index in [-0.39, 0.29) is 29.6 Å². The van der Waals surface area contributed by atoms with Gasteiger partial charge in [0.15, 0.2) is 9.84 Å². The van der Waals surface area contributed by atoms with Gasteiger partial charge in [0.25, 0.3) is 0 Å². The minimum atomic E-state index is -3.09. The number of carbonyl (C=O) groups is 1. The van der Waals surface area contributed by atoms with Crippen molar-refractivity contribution < 1.29 is 13.2 Å². The molecule has 0 unspecified atom stereocenters. The molecule has 8 nitrogen and oxygen atoms in total. The zero-order valence-corrected chi connectivity index (χ0v) is 14.1. The number of amides is 1. The number of fused-ring (bicyclic) bond motifs is 1. The van der Waals surface area contributed by atoms with Crippen LogP contribution in [0.25, 0.3) is 0 Å². The lowest BCUT2D eigenvalue weighted by molar-refractivity contribution is -0.123. The van der Waals surface area contributed by atoms with E-state index in [9.17, 15) is 18.0 Å². The van der Waals surface area contributed by atoms with Crippen LogP contribution in [0, 0.1) is 0 Å². The van der Waals surface area contributed by atoms with Crippen molar-refractivity contribution >= 4 is 15.7 Å². The van der Waals surface area contributed by atoms with Crippen LogP contribution in [0.5, 0.6) is 0 Å². The van der Waals surface area contributed by atoms with E-state index in [1.54, 1.807) is 11.5 Å². The van der Waals surface area contributed by atoms with Gasteiger partial charge in [-0.05, 0) is 26.2 Å². The second-order valence-electron chi connectivity index (χ2n) is 6.77. The number of sulfone groups is 1. The average Bonchev–Trinajstić information content (AvgIpc) is 2.78. The van der Waals surface area contributed by atoms with E-state index in [0.717, 1.165) is 31.5 Å². The summed E-state index contributed by atoms with van der Waals surface area (Å²) in [6, 6.07) is 0. The molecular weight excluding hydrogens is 320 g/mol. The molecule has 1 N–H and O–H groups in total. The summed E-state index contributed by atoms with van der Waals surface area (Å²) in [6.07, 6.45) is 4.17. The lowest BCUT2D eigenvalue weighted by atomic mass is 10.0. The molecule has 9 heteroatoms. The largest absolute Gasteiger partial charge is 0.348 e. The van der Waals surface area contributed by atoms with E-state index >= 15 is 0 Å². The molecule has 1 fully saturated rings. The van der Waals surface area contributed by atoms with Crippen molar-refractivity contribution in [3.8, 4) is 0 Å². The van der Waals surface area contributed by atoms with Crippen molar-refractivity contribution in [1.29, 1.82) is 0 Å². The van der Waals surface area contributed by atoms with Crippen molar-refractivity contribution in [2.75, 3.05) is 11.5 Å². The van der Waals surface area contributed by atoms with Crippen LogP contribution in [0.4, 0.5) is 0 Å². The van der Waals surface area contributed by atoms with Crippen molar-refractivity contribution in [1.82, 2.24) is 19.7 Å². The third-order valence-electron chi connectivity index (χ3n) is 4.52. The van der Waals surface area contributed by atoms with Gasteiger partial charge in [0.05, 0.1) is 17.0 Å². The topological polar surface area (TPSA) is 103 Å².